The monoisotopic (exact) mass is 564 g/mol. The van der Waals surface area contributed by atoms with Crippen LogP contribution < -0.4 is 27.4 Å². The minimum Gasteiger partial charge on any atom is -0.480 e. The highest BCUT2D eigenvalue weighted by Gasteiger charge is 2.32. The minimum absolute atomic E-state index is 0.0119. The summed E-state index contributed by atoms with van der Waals surface area (Å²) in [6.07, 6.45) is 1.17. The zero-order chi connectivity index (χ0) is 30.1. The third-order valence-corrected chi connectivity index (χ3v) is 6.69. The largest absolute Gasteiger partial charge is 0.480 e. The van der Waals surface area contributed by atoms with E-state index in [1.807, 2.05) is 24.3 Å². The summed E-state index contributed by atoms with van der Waals surface area (Å²) in [5.74, 6) is -4.60. The SMILES string of the molecule is CC(C)C(N)C(=O)NC(CC(N)=O)C(=O)NC(Cc1c[nH]c2ccccc12)C(=O)NC(Cc1ccccc1)C(=O)O. The van der Waals surface area contributed by atoms with Gasteiger partial charge in [-0.05, 0) is 23.1 Å². The van der Waals surface area contributed by atoms with Gasteiger partial charge in [0.05, 0.1) is 12.5 Å². The first kappa shape index (κ1) is 30.8. The number of fused-ring (bicyclic) bond motifs is 1. The molecule has 3 rings (SSSR count). The van der Waals surface area contributed by atoms with Gasteiger partial charge in [-0.15, -0.1) is 0 Å². The first-order valence-corrected chi connectivity index (χ1v) is 13.2. The summed E-state index contributed by atoms with van der Waals surface area (Å²) in [5.41, 5.74) is 13.4. The lowest BCUT2D eigenvalue weighted by atomic mass is 10.0. The number of hydrogen-bond donors (Lipinski definition) is 7. The van der Waals surface area contributed by atoms with E-state index in [9.17, 15) is 29.1 Å². The number of aliphatic carboxylic acids is 1. The topological polar surface area (TPSA) is 209 Å². The molecule has 0 aliphatic rings. The molecule has 12 nitrogen and oxygen atoms in total. The van der Waals surface area contributed by atoms with Crippen molar-refractivity contribution >= 4 is 40.5 Å². The number of H-pyrrole nitrogens is 1. The number of benzene rings is 2. The zero-order valence-electron chi connectivity index (χ0n) is 22.9. The number of para-hydroxylation sites is 1. The molecule has 4 amide bonds. The standard InChI is InChI=1S/C29H36N6O6/c1-16(2)25(31)28(39)34-22(14-24(30)36)27(38)33-21(13-18-15-32-20-11-7-6-10-19(18)20)26(37)35-23(29(40)41)12-17-8-4-3-5-9-17/h3-11,15-16,21-23,25,32H,12-14,31H2,1-2H3,(H2,30,36)(H,33,38)(H,34,39)(H,35,37)(H,40,41). The molecular weight excluding hydrogens is 528 g/mol. The molecule has 4 unspecified atom stereocenters. The van der Waals surface area contributed by atoms with Gasteiger partial charge in [0, 0.05) is 29.9 Å². The van der Waals surface area contributed by atoms with Gasteiger partial charge >= 0.3 is 5.97 Å². The predicted octanol–water partition coefficient (Wildman–Crippen LogP) is 0.351. The Labute approximate surface area is 237 Å². The van der Waals surface area contributed by atoms with Gasteiger partial charge in [0.2, 0.25) is 23.6 Å². The van der Waals surface area contributed by atoms with Gasteiger partial charge < -0.3 is 37.5 Å². The number of carboxylic acid groups (broad SMARTS) is 1. The van der Waals surface area contributed by atoms with Crippen LogP contribution in [0.3, 0.4) is 0 Å². The highest BCUT2D eigenvalue weighted by molar-refractivity contribution is 5.96. The second kappa shape index (κ2) is 14.1. The fourth-order valence-electron chi connectivity index (χ4n) is 4.31. The molecule has 0 bridgehead atoms. The highest BCUT2D eigenvalue weighted by Crippen LogP contribution is 2.19. The normalized spacial score (nSPS) is 14.0. The average molecular weight is 565 g/mol. The predicted molar refractivity (Wildman–Crippen MR) is 152 cm³/mol. The van der Waals surface area contributed by atoms with Gasteiger partial charge in [0.15, 0.2) is 0 Å². The van der Waals surface area contributed by atoms with Gasteiger partial charge in [0.25, 0.3) is 0 Å². The van der Waals surface area contributed by atoms with Crippen molar-refractivity contribution in [3.8, 4) is 0 Å². The Bertz CT molecular complexity index is 1390. The zero-order valence-corrected chi connectivity index (χ0v) is 22.9. The van der Waals surface area contributed by atoms with Crippen molar-refractivity contribution in [3.05, 3.63) is 71.9 Å². The second-order valence-electron chi connectivity index (χ2n) is 10.2. The van der Waals surface area contributed by atoms with Crippen molar-refractivity contribution in [1.29, 1.82) is 0 Å². The molecule has 9 N–H and O–H groups in total. The van der Waals surface area contributed by atoms with Crippen LogP contribution in [-0.4, -0.2) is 63.9 Å². The molecule has 12 heteroatoms. The van der Waals surface area contributed by atoms with Crippen LogP contribution in [0.25, 0.3) is 10.9 Å². The van der Waals surface area contributed by atoms with E-state index in [2.05, 4.69) is 20.9 Å². The number of amides is 4. The van der Waals surface area contributed by atoms with Crippen molar-refractivity contribution in [2.45, 2.75) is 57.3 Å². The summed E-state index contributed by atoms with van der Waals surface area (Å²) in [6.45, 7) is 3.45. The first-order chi connectivity index (χ1) is 19.5. The maximum atomic E-state index is 13.5. The highest BCUT2D eigenvalue weighted by atomic mass is 16.4. The number of rotatable bonds is 14. The van der Waals surface area contributed by atoms with Crippen LogP contribution in [0.1, 0.15) is 31.4 Å². The molecule has 218 valence electrons. The van der Waals surface area contributed by atoms with E-state index in [0.29, 0.717) is 11.1 Å². The minimum atomic E-state index is -1.40. The molecular formula is C29H36N6O6. The Morgan fingerprint density at radius 2 is 1.39 bits per heavy atom. The number of nitrogens with two attached hydrogens (primary N) is 2. The van der Waals surface area contributed by atoms with Gasteiger partial charge in [0.1, 0.15) is 18.1 Å². The van der Waals surface area contributed by atoms with Crippen LogP contribution in [0, 0.1) is 5.92 Å². The summed E-state index contributed by atoms with van der Waals surface area (Å²) in [5, 5.41) is 18.2. The van der Waals surface area contributed by atoms with Crippen molar-refractivity contribution in [2.75, 3.05) is 0 Å². The summed E-state index contributed by atoms with van der Waals surface area (Å²) >= 11 is 0. The molecule has 0 radical (unpaired) electrons. The first-order valence-electron chi connectivity index (χ1n) is 13.2. The quantitative estimate of drug-likeness (QED) is 0.146. The molecule has 0 fully saturated rings. The maximum absolute atomic E-state index is 13.5. The van der Waals surface area contributed by atoms with Gasteiger partial charge in [-0.1, -0.05) is 62.4 Å². The van der Waals surface area contributed by atoms with Crippen molar-refractivity contribution in [3.63, 3.8) is 0 Å². The number of hydrogen-bond acceptors (Lipinski definition) is 6. The molecule has 1 heterocycles. The van der Waals surface area contributed by atoms with Crippen LogP contribution in [0.4, 0.5) is 0 Å². The van der Waals surface area contributed by atoms with Crippen molar-refractivity contribution < 1.29 is 29.1 Å². The van der Waals surface area contributed by atoms with E-state index in [4.69, 9.17) is 11.5 Å². The van der Waals surface area contributed by atoms with Crippen LogP contribution in [0.2, 0.25) is 0 Å². The summed E-state index contributed by atoms with van der Waals surface area (Å²) in [7, 11) is 0. The third-order valence-electron chi connectivity index (χ3n) is 6.69. The molecule has 2 aromatic carbocycles. The molecule has 0 aliphatic carbocycles. The van der Waals surface area contributed by atoms with Crippen molar-refractivity contribution in [2.24, 2.45) is 17.4 Å². The maximum Gasteiger partial charge on any atom is 0.326 e. The van der Waals surface area contributed by atoms with Crippen LogP contribution in [-0.2, 0) is 36.8 Å². The summed E-state index contributed by atoms with van der Waals surface area (Å²) in [6, 6.07) is 11.3. The molecule has 0 saturated heterocycles. The number of aromatic nitrogens is 1. The van der Waals surface area contributed by atoms with Crippen LogP contribution >= 0.6 is 0 Å². The van der Waals surface area contributed by atoms with Gasteiger partial charge in [-0.25, -0.2) is 4.79 Å². The average Bonchev–Trinajstić information content (AvgIpc) is 3.34. The fourth-order valence-corrected chi connectivity index (χ4v) is 4.31. The van der Waals surface area contributed by atoms with Crippen LogP contribution in [0.15, 0.2) is 60.8 Å². The third kappa shape index (κ3) is 8.64. The number of carbonyl (C=O) groups excluding carboxylic acids is 4. The summed E-state index contributed by atoms with van der Waals surface area (Å²) < 4.78 is 0. The molecule has 0 saturated carbocycles. The lowest BCUT2D eigenvalue weighted by Crippen LogP contribution is -2.58. The molecule has 4 atom stereocenters. The Hall–Kier alpha value is -4.71. The smallest absolute Gasteiger partial charge is 0.326 e. The Balaban J connectivity index is 1.87. The Kier molecular flexibility index (Phi) is 10.6. The molecule has 41 heavy (non-hydrogen) atoms. The molecule has 3 aromatic rings. The second-order valence-corrected chi connectivity index (χ2v) is 10.2. The number of primary amides is 1. The fraction of sp³-hybridized carbons (Fsp3) is 0.345. The van der Waals surface area contributed by atoms with E-state index in [-0.39, 0.29) is 18.8 Å². The van der Waals surface area contributed by atoms with E-state index < -0.39 is 60.2 Å². The Morgan fingerprint density at radius 3 is 2.02 bits per heavy atom. The van der Waals surface area contributed by atoms with Gasteiger partial charge in [-0.3, -0.25) is 19.2 Å². The molecule has 1 aromatic heterocycles. The number of carbonyl (C=O) groups is 5. The number of aromatic amines is 1. The van der Waals surface area contributed by atoms with E-state index >= 15 is 0 Å². The lowest BCUT2D eigenvalue weighted by molar-refractivity contribution is -0.142. The van der Waals surface area contributed by atoms with E-state index in [1.54, 1.807) is 50.4 Å². The Morgan fingerprint density at radius 1 is 0.805 bits per heavy atom. The van der Waals surface area contributed by atoms with Gasteiger partial charge in [-0.2, -0.15) is 0 Å². The van der Waals surface area contributed by atoms with E-state index in [0.717, 1.165) is 10.9 Å². The van der Waals surface area contributed by atoms with E-state index in [1.165, 1.54) is 0 Å². The lowest BCUT2D eigenvalue weighted by Gasteiger charge is -2.25. The van der Waals surface area contributed by atoms with Crippen LogP contribution in [0.5, 0.6) is 0 Å². The number of carboxylic acids is 1. The van der Waals surface area contributed by atoms with Crippen molar-refractivity contribution in [1.82, 2.24) is 20.9 Å². The molecule has 0 aliphatic heterocycles. The summed E-state index contributed by atoms with van der Waals surface area (Å²) in [4.78, 5) is 66.3. The molecule has 0 spiro atoms. The number of nitrogens with one attached hydrogen (secondary N) is 4.